The molecule has 21 heavy (non-hydrogen) atoms. The first kappa shape index (κ1) is 15.8. The minimum Gasteiger partial charge on any atom is -0.480 e. The lowest BCUT2D eigenvalue weighted by Crippen LogP contribution is -2.39. The molecule has 1 amide bonds. The lowest BCUT2D eigenvalue weighted by molar-refractivity contribution is -0.146. The highest BCUT2D eigenvalue weighted by molar-refractivity contribution is 6.34. The standard InChI is InChI=1S/C14H13Cl2NO4/c15-9-3-8(4-10(16)5-9)1-2-13(19)17-7-11(18)6-12(17)14(20)21/h1-5,11-12,18H,6-7H2,(H,20,21)/b2-1+. The second-order valence-electron chi connectivity index (χ2n) is 4.77. The van der Waals surface area contributed by atoms with Crippen LogP contribution in [0.25, 0.3) is 6.08 Å². The Balaban J connectivity index is 2.13. The quantitative estimate of drug-likeness (QED) is 0.832. The van der Waals surface area contributed by atoms with Crippen molar-refractivity contribution in [2.75, 3.05) is 6.54 Å². The van der Waals surface area contributed by atoms with Crippen molar-refractivity contribution >= 4 is 41.2 Å². The first-order valence-electron chi connectivity index (χ1n) is 6.22. The molecule has 0 bridgehead atoms. The summed E-state index contributed by atoms with van der Waals surface area (Å²) in [4.78, 5) is 24.2. The first-order valence-corrected chi connectivity index (χ1v) is 6.98. The number of carbonyl (C=O) groups is 2. The predicted octanol–water partition coefficient (Wildman–Crippen LogP) is 2.05. The molecule has 5 nitrogen and oxygen atoms in total. The molecule has 0 aliphatic carbocycles. The monoisotopic (exact) mass is 329 g/mol. The lowest BCUT2D eigenvalue weighted by Gasteiger charge is -2.19. The van der Waals surface area contributed by atoms with Crippen LogP contribution >= 0.6 is 23.2 Å². The van der Waals surface area contributed by atoms with E-state index in [1.165, 1.54) is 12.2 Å². The van der Waals surface area contributed by atoms with Crippen molar-refractivity contribution in [3.63, 3.8) is 0 Å². The van der Waals surface area contributed by atoms with Gasteiger partial charge in [0.2, 0.25) is 5.91 Å². The number of benzene rings is 1. The fourth-order valence-electron chi connectivity index (χ4n) is 2.23. The van der Waals surface area contributed by atoms with Crippen LogP contribution in [-0.2, 0) is 9.59 Å². The van der Waals surface area contributed by atoms with Crippen molar-refractivity contribution in [3.05, 3.63) is 39.9 Å². The van der Waals surface area contributed by atoms with Gasteiger partial charge in [0.25, 0.3) is 0 Å². The second kappa shape index (κ2) is 6.47. The van der Waals surface area contributed by atoms with Gasteiger partial charge in [0.15, 0.2) is 0 Å². The molecule has 2 unspecified atom stereocenters. The number of nitrogens with zero attached hydrogens (tertiary/aromatic N) is 1. The molecule has 1 aliphatic rings. The first-order chi connectivity index (χ1) is 9.86. The van der Waals surface area contributed by atoms with Gasteiger partial charge in [-0.05, 0) is 29.8 Å². The van der Waals surface area contributed by atoms with Gasteiger partial charge >= 0.3 is 5.97 Å². The maximum atomic E-state index is 12.0. The number of carbonyl (C=O) groups excluding carboxylic acids is 1. The molecule has 0 saturated carbocycles. The minimum absolute atomic E-state index is 0.0104. The SMILES string of the molecule is O=C(O)C1CC(O)CN1C(=O)/C=C/c1cc(Cl)cc(Cl)c1. The van der Waals surface area contributed by atoms with E-state index in [1.54, 1.807) is 18.2 Å². The van der Waals surface area contributed by atoms with Crippen LogP contribution in [0.1, 0.15) is 12.0 Å². The van der Waals surface area contributed by atoms with E-state index in [0.29, 0.717) is 15.6 Å². The summed E-state index contributed by atoms with van der Waals surface area (Å²) in [6.07, 6.45) is 1.97. The van der Waals surface area contributed by atoms with Gasteiger partial charge in [-0.25, -0.2) is 4.79 Å². The molecule has 1 aromatic carbocycles. The minimum atomic E-state index is -1.13. The van der Waals surface area contributed by atoms with Crippen molar-refractivity contribution in [1.29, 1.82) is 0 Å². The average molecular weight is 330 g/mol. The number of hydrogen-bond donors (Lipinski definition) is 2. The third-order valence-electron chi connectivity index (χ3n) is 3.15. The maximum absolute atomic E-state index is 12.0. The van der Waals surface area contributed by atoms with E-state index in [-0.39, 0.29) is 13.0 Å². The van der Waals surface area contributed by atoms with Crippen molar-refractivity contribution in [1.82, 2.24) is 4.90 Å². The van der Waals surface area contributed by atoms with Crippen LogP contribution in [0, 0.1) is 0 Å². The lowest BCUT2D eigenvalue weighted by atomic mass is 10.2. The molecule has 2 rings (SSSR count). The van der Waals surface area contributed by atoms with E-state index in [0.717, 1.165) is 4.90 Å². The molecule has 0 spiro atoms. The Bertz CT molecular complexity index is 582. The summed E-state index contributed by atoms with van der Waals surface area (Å²) in [6, 6.07) is 3.83. The van der Waals surface area contributed by atoms with Crippen LogP contribution in [0.5, 0.6) is 0 Å². The van der Waals surface area contributed by atoms with Crippen molar-refractivity contribution in [2.45, 2.75) is 18.6 Å². The molecule has 1 fully saturated rings. The van der Waals surface area contributed by atoms with Gasteiger partial charge in [0.05, 0.1) is 6.10 Å². The average Bonchev–Trinajstić information content (AvgIpc) is 2.77. The second-order valence-corrected chi connectivity index (χ2v) is 5.64. The number of carboxylic acids is 1. The summed E-state index contributed by atoms with van der Waals surface area (Å²) in [6.45, 7) is 0.0104. The Morgan fingerprint density at radius 1 is 1.24 bits per heavy atom. The summed E-state index contributed by atoms with van der Waals surface area (Å²) in [5, 5.41) is 19.4. The van der Waals surface area contributed by atoms with Gasteiger partial charge in [-0.3, -0.25) is 4.79 Å². The Labute approximate surface area is 131 Å². The Morgan fingerprint density at radius 2 is 1.86 bits per heavy atom. The third kappa shape index (κ3) is 3.97. The summed E-state index contributed by atoms with van der Waals surface area (Å²) < 4.78 is 0. The van der Waals surface area contributed by atoms with Crippen LogP contribution in [0.3, 0.4) is 0 Å². The zero-order chi connectivity index (χ0) is 15.6. The Kier molecular flexibility index (Phi) is 4.88. The fraction of sp³-hybridized carbons (Fsp3) is 0.286. The van der Waals surface area contributed by atoms with Crippen molar-refractivity contribution < 1.29 is 19.8 Å². The predicted molar refractivity (Wildman–Crippen MR) is 79.3 cm³/mol. The normalized spacial score (nSPS) is 22.0. The molecule has 1 aromatic rings. The van der Waals surface area contributed by atoms with Gasteiger partial charge < -0.3 is 15.1 Å². The highest BCUT2D eigenvalue weighted by Crippen LogP contribution is 2.21. The molecular weight excluding hydrogens is 317 g/mol. The largest absolute Gasteiger partial charge is 0.480 e. The molecule has 2 N–H and O–H groups in total. The zero-order valence-electron chi connectivity index (χ0n) is 10.9. The van der Waals surface area contributed by atoms with Gasteiger partial charge in [0.1, 0.15) is 6.04 Å². The van der Waals surface area contributed by atoms with Gasteiger partial charge in [-0.2, -0.15) is 0 Å². The number of halogens is 2. The number of likely N-dealkylation sites (tertiary alicyclic amines) is 1. The van der Waals surface area contributed by atoms with Crippen LogP contribution in [-0.4, -0.2) is 45.7 Å². The van der Waals surface area contributed by atoms with E-state index in [9.17, 15) is 14.7 Å². The van der Waals surface area contributed by atoms with Crippen LogP contribution < -0.4 is 0 Å². The molecule has 7 heteroatoms. The molecule has 0 aromatic heterocycles. The number of aliphatic hydroxyl groups excluding tert-OH is 1. The third-order valence-corrected chi connectivity index (χ3v) is 3.59. The van der Waals surface area contributed by atoms with Crippen molar-refractivity contribution in [2.24, 2.45) is 0 Å². The van der Waals surface area contributed by atoms with Gasteiger partial charge in [-0.1, -0.05) is 23.2 Å². The van der Waals surface area contributed by atoms with Crippen LogP contribution in [0.2, 0.25) is 10.0 Å². The molecule has 1 heterocycles. The van der Waals surface area contributed by atoms with E-state index >= 15 is 0 Å². The molecule has 1 saturated heterocycles. The molecule has 1 aliphatic heterocycles. The van der Waals surface area contributed by atoms with Gasteiger partial charge in [-0.15, -0.1) is 0 Å². The topological polar surface area (TPSA) is 77.8 Å². The molecule has 0 radical (unpaired) electrons. The van der Waals surface area contributed by atoms with Gasteiger partial charge in [0, 0.05) is 29.1 Å². The number of aliphatic hydroxyl groups is 1. The highest BCUT2D eigenvalue weighted by Gasteiger charge is 2.37. The number of aliphatic carboxylic acids is 1. The van der Waals surface area contributed by atoms with Crippen LogP contribution in [0.15, 0.2) is 24.3 Å². The smallest absolute Gasteiger partial charge is 0.326 e. The highest BCUT2D eigenvalue weighted by atomic mass is 35.5. The molecule has 2 atom stereocenters. The summed E-state index contributed by atoms with van der Waals surface area (Å²) >= 11 is 11.7. The summed E-state index contributed by atoms with van der Waals surface area (Å²) in [5.41, 5.74) is 0.632. The number of rotatable bonds is 3. The number of β-amino-alcohol motifs (C(OH)–C–C–N with tert-alkyl or cyclic N) is 1. The Morgan fingerprint density at radius 3 is 2.43 bits per heavy atom. The fourth-order valence-corrected chi connectivity index (χ4v) is 2.77. The number of carboxylic acid groups (broad SMARTS) is 1. The van der Waals surface area contributed by atoms with E-state index in [4.69, 9.17) is 28.3 Å². The van der Waals surface area contributed by atoms with Crippen molar-refractivity contribution in [3.8, 4) is 0 Å². The maximum Gasteiger partial charge on any atom is 0.326 e. The number of hydrogen-bond acceptors (Lipinski definition) is 3. The van der Waals surface area contributed by atoms with E-state index < -0.39 is 24.0 Å². The summed E-state index contributed by atoms with van der Waals surface area (Å²) in [5.74, 6) is -1.60. The molecule has 112 valence electrons. The van der Waals surface area contributed by atoms with E-state index in [1.807, 2.05) is 0 Å². The van der Waals surface area contributed by atoms with E-state index in [2.05, 4.69) is 0 Å². The molecular formula is C14H13Cl2NO4. The van der Waals surface area contributed by atoms with Crippen LogP contribution in [0.4, 0.5) is 0 Å². The number of amides is 1. The zero-order valence-corrected chi connectivity index (χ0v) is 12.4. The summed E-state index contributed by atoms with van der Waals surface area (Å²) in [7, 11) is 0. The Hall–Kier alpha value is -1.56.